The van der Waals surface area contributed by atoms with E-state index in [1.807, 2.05) is 0 Å². The monoisotopic (exact) mass is 276 g/mol. The molecule has 3 heteroatoms. The van der Waals surface area contributed by atoms with Gasteiger partial charge in [0.1, 0.15) is 17.1 Å². The molecule has 0 aromatic heterocycles. The van der Waals surface area contributed by atoms with Crippen LogP contribution < -0.4 is 4.74 Å². The van der Waals surface area contributed by atoms with Gasteiger partial charge in [-0.2, -0.15) is 0 Å². The smallest absolute Gasteiger partial charge is 0.129 e. The summed E-state index contributed by atoms with van der Waals surface area (Å²) in [6.45, 7) is 6.25. The summed E-state index contributed by atoms with van der Waals surface area (Å²) in [4.78, 5) is 0. The Morgan fingerprint density at radius 3 is 2.60 bits per heavy atom. The Hall–Kier alpha value is -1.22. The van der Waals surface area contributed by atoms with Crippen LogP contribution in [-0.2, 0) is 6.42 Å². The number of aliphatic hydroxyl groups is 1. The first-order valence-corrected chi connectivity index (χ1v) is 7.73. The largest absolute Gasteiger partial charge is 0.508 e. The second-order valence-electron chi connectivity index (χ2n) is 6.57. The van der Waals surface area contributed by atoms with Gasteiger partial charge < -0.3 is 14.9 Å². The van der Waals surface area contributed by atoms with E-state index in [9.17, 15) is 10.2 Å². The predicted octanol–water partition coefficient (Wildman–Crippen LogP) is 3.82. The van der Waals surface area contributed by atoms with Gasteiger partial charge in [0.05, 0.1) is 6.10 Å². The van der Waals surface area contributed by atoms with Gasteiger partial charge in [0, 0.05) is 23.1 Å². The van der Waals surface area contributed by atoms with Crippen LogP contribution in [0.2, 0.25) is 0 Å². The minimum absolute atomic E-state index is 0.151. The Kier molecular flexibility index (Phi) is 3.20. The Balaban J connectivity index is 2.16. The summed E-state index contributed by atoms with van der Waals surface area (Å²) in [5.74, 6) is 1.38. The standard InChI is InChI=1S/C17H24O3/c1-4-11-15(10(2)3)13(18)8-12-14(19)9-17(6-5-7-17)20-16(11)12/h8,10,14,18-19H,4-7,9H2,1-3H3. The number of ether oxygens (including phenoxy) is 1. The molecule has 0 saturated heterocycles. The summed E-state index contributed by atoms with van der Waals surface area (Å²) >= 11 is 0. The molecule has 1 atom stereocenters. The average Bonchev–Trinajstić information content (AvgIpc) is 2.35. The second-order valence-corrected chi connectivity index (χ2v) is 6.57. The zero-order valence-corrected chi connectivity index (χ0v) is 12.6. The molecule has 0 bridgehead atoms. The van der Waals surface area contributed by atoms with Crippen molar-refractivity contribution in [2.24, 2.45) is 0 Å². The predicted molar refractivity (Wildman–Crippen MR) is 78.4 cm³/mol. The lowest BCUT2D eigenvalue weighted by Crippen LogP contribution is -2.47. The van der Waals surface area contributed by atoms with Gasteiger partial charge in [-0.15, -0.1) is 0 Å². The third-order valence-corrected chi connectivity index (χ3v) is 4.87. The van der Waals surface area contributed by atoms with Crippen LogP contribution in [0.15, 0.2) is 6.07 Å². The first kappa shape index (κ1) is 13.7. The molecular weight excluding hydrogens is 252 g/mol. The zero-order valence-electron chi connectivity index (χ0n) is 12.6. The number of rotatable bonds is 2. The van der Waals surface area contributed by atoms with E-state index < -0.39 is 6.10 Å². The number of hydrogen-bond acceptors (Lipinski definition) is 3. The van der Waals surface area contributed by atoms with Gasteiger partial charge in [0.2, 0.25) is 0 Å². The first-order valence-electron chi connectivity index (χ1n) is 7.73. The Labute approximate surface area is 120 Å². The molecule has 2 aliphatic rings. The van der Waals surface area contributed by atoms with Crippen molar-refractivity contribution in [1.82, 2.24) is 0 Å². The van der Waals surface area contributed by atoms with Gasteiger partial charge in [0.25, 0.3) is 0 Å². The molecule has 2 N–H and O–H groups in total. The van der Waals surface area contributed by atoms with E-state index in [0.717, 1.165) is 41.7 Å². The summed E-state index contributed by atoms with van der Waals surface area (Å²) in [6.07, 6.45) is 4.20. The molecule has 1 saturated carbocycles. The van der Waals surface area contributed by atoms with E-state index >= 15 is 0 Å². The van der Waals surface area contributed by atoms with Crippen LogP contribution in [0, 0.1) is 0 Å². The molecule has 1 fully saturated rings. The van der Waals surface area contributed by atoms with E-state index in [1.54, 1.807) is 6.07 Å². The molecule has 1 aliphatic heterocycles. The molecule has 0 amide bonds. The van der Waals surface area contributed by atoms with Crippen LogP contribution in [0.25, 0.3) is 0 Å². The van der Waals surface area contributed by atoms with Gasteiger partial charge in [-0.25, -0.2) is 0 Å². The zero-order chi connectivity index (χ0) is 14.5. The van der Waals surface area contributed by atoms with Crippen molar-refractivity contribution in [2.45, 2.75) is 70.5 Å². The van der Waals surface area contributed by atoms with Crippen molar-refractivity contribution >= 4 is 0 Å². The molecule has 110 valence electrons. The molecule has 20 heavy (non-hydrogen) atoms. The Morgan fingerprint density at radius 1 is 1.40 bits per heavy atom. The van der Waals surface area contributed by atoms with E-state index in [2.05, 4.69) is 20.8 Å². The summed E-state index contributed by atoms with van der Waals surface area (Å²) < 4.78 is 6.32. The molecular formula is C17H24O3. The van der Waals surface area contributed by atoms with Crippen LogP contribution in [0.5, 0.6) is 11.5 Å². The number of phenols is 1. The summed E-state index contributed by atoms with van der Waals surface area (Å²) in [7, 11) is 0. The highest BCUT2D eigenvalue weighted by molar-refractivity contribution is 5.56. The van der Waals surface area contributed by atoms with E-state index in [1.165, 1.54) is 6.42 Å². The van der Waals surface area contributed by atoms with Crippen molar-refractivity contribution in [2.75, 3.05) is 0 Å². The third kappa shape index (κ3) is 1.91. The minimum atomic E-state index is -0.517. The van der Waals surface area contributed by atoms with Crippen LogP contribution >= 0.6 is 0 Å². The van der Waals surface area contributed by atoms with Crippen LogP contribution in [0.1, 0.15) is 75.2 Å². The highest BCUT2D eigenvalue weighted by atomic mass is 16.5. The molecule has 3 nitrogen and oxygen atoms in total. The maximum atomic E-state index is 10.4. The van der Waals surface area contributed by atoms with Crippen molar-refractivity contribution in [3.8, 4) is 11.5 Å². The summed E-state index contributed by atoms with van der Waals surface area (Å²) in [6, 6.07) is 1.71. The topological polar surface area (TPSA) is 49.7 Å². The lowest BCUT2D eigenvalue weighted by molar-refractivity contribution is -0.0671. The molecule has 1 aromatic rings. The van der Waals surface area contributed by atoms with Crippen LogP contribution in [0.4, 0.5) is 0 Å². The normalized spacial score (nSPS) is 23.4. The number of benzene rings is 1. The number of fused-ring (bicyclic) bond motifs is 1. The van der Waals surface area contributed by atoms with Gasteiger partial charge in [-0.3, -0.25) is 0 Å². The van der Waals surface area contributed by atoms with Crippen molar-refractivity contribution in [3.63, 3.8) is 0 Å². The average molecular weight is 276 g/mol. The Bertz CT molecular complexity index is 530. The van der Waals surface area contributed by atoms with Gasteiger partial charge in [-0.1, -0.05) is 20.8 Å². The second kappa shape index (κ2) is 4.66. The minimum Gasteiger partial charge on any atom is -0.508 e. The number of phenolic OH excluding ortho intramolecular Hbond substituents is 1. The van der Waals surface area contributed by atoms with E-state index in [-0.39, 0.29) is 11.5 Å². The SMILES string of the molecule is CCc1c2c(cc(O)c1C(C)C)C(O)CC1(CCC1)O2. The van der Waals surface area contributed by atoms with Gasteiger partial charge in [0.15, 0.2) is 0 Å². The van der Waals surface area contributed by atoms with Crippen molar-refractivity contribution in [3.05, 3.63) is 22.8 Å². The van der Waals surface area contributed by atoms with Crippen molar-refractivity contribution < 1.29 is 14.9 Å². The maximum absolute atomic E-state index is 10.4. The first-order chi connectivity index (χ1) is 9.47. The lowest BCUT2D eigenvalue weighted by Gasteiger charge is -2.47. The molecule has 1 heterocycles. The lowest BCUT2D eigenvalue weighted by atomic mass is 9.73. The quantitative estimate of drug-likeness (QED) is 0.863. The Morgan fingerprint density at radius 2 is 2.10 bits per heavy atom. The maximum Gasteiger partial charge on any atom is 0.129 e. The fourth-order valence-corrected chi connectivity index (χ4v) is 3.70. The van der Waals surface area contributed by atoms with E-state index in [4.69, 9.17) is 4.74 Å². The number of hydrogen-bond donors (Lipinski definition) is 2. The van der Waals surface area contributed by atoms with E-state index in [0.29, 0.717) is 12.2 Å². The number of aliphatic hydroxyl groups excluding tert-OH is 1. The third-order valence-electron chi connectivity index (χ3n) is 4.87. The molecule has 0 radical (unpaired) electrons. The van der Waals surface area contributed by atoms with Crippen LogP contribution in [0.3, 0.4) is 0 Å². The highest BCUT2D eigenvalue weighted by Gasteiger charge is 2.46. The molecule has 1 unspecified atom stereocenters. The molecule has 3 rings (SSSR count). The molecule has 1 aliphatic carbocycles. The highest BCUT2D eigenvalue weighted by Crippen LogP contribution is 2.52. The van der Waals surface area contributed by atoms with Gasteiger partial charge >= 0.3 is 0 Å². The van der Waals surface area contributed by atoms with Crippen molar-refractivity contribution in [1.29, 1.82) is 0 Å². The van der Waals surface area contributed by atoms with Crippen LogP contribution in [-0.4, -0.2) is 15.8 Å². The van der Waals surface area contributed by atoms with Gasteiger partial charge in [-0.05, 0) is 37.7 Å². The summed E-state index contributed by atoms with van der Waals surface area (Å²) in [5, 5.41) is 20.7. The number of aromatic hydroxyl groups is 1. The fraction of sp³-hybridized carbons (Fsp3) is 0.647. The fourth-order valence-electron chi connectivity index (χ4n) is 3.70. The molecule has 1 spiro atoms. The summed E-state index contributed by atoms with van der Waals surface area (Å²) in [5.41, 5.74) is 2.65. The molecule has 1 aromatic carbocycles.